The summed E-state index contributed by atoms with van der Waals surface area (Å²) < 4.78 is 11.7. The number of likely N-dealkylation sites (N-methyl/N-ethyl adjacent to an activating group) is 1. The van der Waals surface area contributed by atoms with E-state index in [1.54, 1.807) is 4.90 Å². The third-order valence-electron chi connectivity index (χ3n) is 6.71. The first-order valence-electron chi connectivity index (χ1n) is 12.3. The Balaban J connectivity index is 1.54. The molecule has 10 heteroatoms. The van der Waals surface area contributed by atoms with Crippen LogP contribution in [0.4, 0.5) is 10.6 Å². The number of amides is 1. The molecule has 0 spiro atoms. The zero-order valence-corrected chi connectivity index (χ0v) is 20.8. The minimum Gasteiger partial charge on any atom is -0.462 e. The standard InChI is InChI=1S/C24H37N7O3/c1-24(2,3)34-23(32)31-13-12-30(15-17(31)7-9-25)21-19-8-10-26-14-20(19)27-22(28-21)33-16-18-6-5-11-29(18)4/h17-18,26H,5-8,10-16H2,1-4H3/t17-,18+/m0/s1. The average molecular weight is 472 g/mol. The van der Waals surface area contributed by atoms with Crippen LogP contribution in [0.3, 0.4) is 0 Å². The van der Waals surface area contributed by atoms with Crippen LogP contribution in [-0.2, 0) is 17.7 Å². The molecule has 0 unspecified atom stereocenters. The molecule has 1 aromatic rings. The van der Waals surface area contributed by atoms with Crippen molar-refractivity contribution in [3.05, 3.63) is 11.3 Å². The highest BCUT2D eigenvalue weighted by atomic mass is 16.6. The summed E-state index contributed by atoms with van der Waals surface area (Å²) in [5.41, 5.74) is 1.52. The van der Waals surface area contributed by atoms with E-state index >= 15 is 0 Å². The number of piperazine rings is 1. The lowest BCUT2D eigenvalue weighted by molar-refractivity contribution is 0.0144. The van der Waals surface area contributed by atoms with E-state index in [0.29, 0.717) is 44.8 Å². The second kappa shape index (κ2) is 10.3. The van der Waals surface area contributed by atoms with Gasteiger partial charge in [-0.3, -0.25) is 0 Å². The number of anilines is 1. The molecule has 1 aromatic heterocycles. The molecule has 4 heterocycles. The van der Waals surface area contributed by atoms with Crippen LogP contribution < -0.4 is 15.0 Å². The van der Waals surface area contributed by atoms with Crippen molar-refractivity contribution < 1.29 is 14.3 Å². The number of nitrogens with one attached hydrogen (secondary N) is 1. The summed E-state index contributed by atoms with van der Waals surface area (Å²) in [4.78, 5) is 28.5. The van der Waals surface area contributed by atoms with E-state index in [1.165, 1.54) is 6.42 Å². The monoisotopic (exact) mass is 471 g/mol. The lowest BCUT2D eigenvalue weighted by Crippen LogP contribution is -2.56. The maximum absolute atomic E-state index is 12.8. The highest BCUT2D eigenvalue weighted by Crippen LogP contribution is 2.29. The first kappa shape index (κ1) is 24.5. The van der Waals surface area contributed by atoms with Crippen molar-refractivity contribution in [2.75, 3.05) is 51.3 Å². The Morgan fingerprint density at radius 1 is 1.24 bits per heavy atom. The smallest absolute Gasteiger partial charge is 0.410 e. The van der Waals surface area contributed by atoms with Crippen molar-refractivity contribution >= 4 is 11.9 Å². The van der Waals surface area contributed by atoms with E-state index in [0.717, 1.165) is 43.0 Å². The molecule has 2 atom stereocenters. The molecule has 4 rings (SSSR count). The van der Waals surface area contributed by atoms with E-state index < -0.39 is 5.60 Å². The highest BCUT2D eigenvalue weighted by Gasteiger charge is 2.35. The molecule has 2 fully saturated rings. The SMILES string of the molecule is CN1CCC[C@@H]1COc1nc2c(c(N3CCN(C(=O)OC(C)(C)C)[C@@H](CC#N)C3)n1)CCNC2. The molecule has 3 aliphatic rings. The fourth-order valence-electron chi connectivity index (χ4n) is 4.89. The number of aromatic nitrogens is 2. The van der Waals surface area contributed by atoms with Crippen LogP contribution in [-0.4, -0.2) is 89.9 Å². The van der Waals surface area contributed by atoms with Gasteiger partial charge >= 0.3 is 12.1 Å². The molecule has 34 heavy (non-hydrogen) atoms. The van der Waals surface area contributed by atoms with E-state index in [1.807, 2.05) is 20.8 Å². The lowest BCUT2D eigenvalue weighted by atomic mass is 10.0. The molecule has 0 aliphatic carbocycles. The number of ether oxygens (including phenoxy) is 2. The Bertz CT molecular complexity index is 926. The van der Waals surface area contributed by atoms with Crippen molar-refractivity contribution in [2.24, 2.45) is 0 Å². The first-order chi connectivity index (χ1) is 16.2. The topological polar surface area (TPSA) is 107 Å². The first-order valence-corrected chi connectivity index (χ1v) is 12.3. The molecule has 2 saturated heterocycles. The summed E-state index contributed by atoms with van der Waals surface area (Å²) in [6.45, 7) is 10.4. The molecular weight excluding hydrogens is 434 g/mol. The Morgan fingerprint density at radius 2 is 2.06 bits per heavy atom. The van der Waals surface area contributed by atoms with Gasteiger partial charge in [-0.15, -0.1) is 0 Å². The van der Waals surface area contributed by atoms with E-state index in [4.69, 9.17) is 19.4 Å². The zero-order valence-electron chi connectivity index (χ0n) is 20.8. The van der Waals surface area contributed by atoms with Gasteiger partial charge in [0.15, 0.2) is 0 Å². The zero-order chi connectivity index (χ0) is 24.3. The summed E-state index contributed by atoms with van der Waals surface area (Å²) in [5, 5.41) is 12.8. The third-order valence-corrected chi connectivity index (χ3v) is 6.71. The van der Waals surface area contributed by atoms with Crippen LogP contribution in [0.25, 0.3) is 0 Å². The molecule has 0 aromatic carbocycles. The van der Waals surface area contributed by atoms with Gasteiger partial charge < -0.3 is 29.5 Å². The van der Waals surface area contributed by atoms with Crippen molar-refractivity contribution in [1.29, 1.82) is 5.26 Å². The second-order valence-electron chi connectivity index (χ2n) is 10.4. The van der Waals surface area contributed by atoms with Crippen LogP contribution in [0, 0.1) is 11.3 Å². The Kier molecular flexibility index (Phi) is 7.43. The van der Waals surface area contributed by atoms with E-state index in [-0.39, 0.29) is 18.6 Å². The number of fused-ring (bicyclic) bond motifs is 1. The maximum Gasteiger partial charge on any atom is 0.410 e. The third kappa shape index (κ3) is 5.70. The van der Waals surface area contributed by atoms with Gasteiger partial charge in [-0.05, 0) is 60.2 Å². The van der Waals surface area contributed by atoms with Gasteiger partial charge in [0, 0.05) is 37.8 Å². The number of likely N-dealkylation sites (tertiary alicyclic amines) is 1. The van der Waals surface area contributed by atoms with E-state index in [9.17, 15) is 10.1 Å². The van der Waals surface area contributed by atoms with Gasteiger partial charge in [0.25, 0.3) is 0 Å². The van der Waals surface area contributed by atoms with Crippen molar-refractivity contribution in [3.8, 4) is 12.1 Å². The number of nitriles is 1. The second-order valence-corrected chi connectivity index (χ2v) is 10.4. The normalized spacial score (nSPS) is 23.4. The van der Waals surface area contributed by atoms with Gasteiger partial charge in [-0.25, -0.2) is 4.79 Å². The Hall–Kier alpha value is -2.64. The van der Waals surface area contributed by atoms with Crippen LogP contribution in [0.15, 0.2) is 0 Å². The fraction of sp³-hybridized carbons (Fsp3) is 0.750. The molecule has 0 radical (unpaired) electrons. The number of carbonyl (C=O) groups is 1. The Labute approximate surface area is 202 Å². The van der Waals surface area contributed by atoms with Crippen molar-refractivity contribution in [1.82, 2.24) is 25.1 Å². The lowest BCUT2D eigenvalue weighted by Gasteiger charge is -2.42. The largest absolute Gasteiger partial charge is 0.462 e. The summed E-state index contributed by atoms with van der Waals surface area (Å²) in [5.74, 6) is 0.869. The number of nitrogens with zero attached hydrogens (tertiary/aromatic N) is 6. The molecule has 186 valence electrons. The maximum atomic E-state index is 12.8. The quantitative estimate of drug-likeness (QED) is 0.689. The minimum atomic E-state index is -0.580. The number of hydrogen-bond donors (Lipinski definition) is 1. The molecule has 0 bridgehead atoms. The Morgan fingerprint density at radius 3 is 2.76 bits per heavy atom. The summed E-state index contributed by atoms with van der Waals surface area (Å²) in [7, 11) is 2.13. The van der Waals surface area contributed by atoms with Gasteiger partial charge in [0.2, 0.25) is 0 Å². The predicted octanol–water partition coefficient (Wildman–Crippen LogP) is 1.93. The minimum absolute atomic E-state index is 0.238. The van der Waals surface area contributed by atoms with E-state index in [2.05, 4.69) is 28.2 Å². The number of hydrogen-bond acceptors (Lipinski definition) is 9. The molecular formula is C24H37N7O3. The molecule has 3 aliphatic heterocycles. The number of carbonyl (C=O) groups excluding carboxylic acids is 1. The van der Waals surface area contributed by atoms with Crippen LogP contribution in [0.5, 0.6) is 6.01 Å². The van der Waals surface area contributed by atoms with Crippen molar-refractivity contribution in [2.45, 2.75) is 70.7 Å². The van der Waals surface area contributed by atoms with Crippen molar-refractivity contribution in [3.63, 3.8) is 0 Å². The van der Waals surface area contributed by atoms with Crippen LogP contribution in [0.1, 0.15) is 51.3 Å². The summed E-state index contributed by atoms with van der Waals surface area (Å²) in [6, 6.07) is 2.77. The molecule has 1 amide bonds. The molecule has 1 N–H and O–H groups in total. The van der Waals surface area contributed by atoms with Gasteiger partial charge in [0.05, 0.1) is 24.2 Å². The molecule has 10 nitrogen and oxygen atoms in total. The van der Waals surface area contributed by atoms with Gasteiger partial charge in [-0.1, -0.05) is 0 Å². The number of rotatable bonds is 5. The highest BCUT2D eigenvalue weighted by molar-refractivity contribution is 5.69. The van der Waals surface area contributed by atoms with Gasteiger partial charge in [0.1, 0.15) is 18.0 Å². The van der Waals surface area contributed by atoms with Crippen LogP contribution >= 0.6 is 0 Å². The molecule has 0 saturated carbocycles. The summed E-state index contributed by atoms with van der Waals surface area (Å²) >= 11 is 0. The predicted molar refractivity (Wildman–Crippen MR) is 128 cm³/mol. The average Bonchev–Trinajstić information content (AvgIpc) is 3.20. The van der Waals surface area contributed by atoms with Crippen LogP contribution in [0.2, 0.25) is 0 Å². The fourth-order valence-corrected chi connectivity index (χ4v) is 4.89. The van der Waals surface area contributed by atoms with Gasteiger partial charge in [-0.2, -0.15) is 15.2 Å². The summed E-state index contributed by atoms with van der Waals surface area (Å²) in [6.07, 6.45) is 3.02.